The lowest BCUT2D eigenvalue weighted by Crippen LogP contribution is -2.26. The van der Waals surface area contributed by atoms with E-state index in [1.165, 1.54) is 32.4 Å². The molecule has 0 heterocycles. The smallest absolute Gasteiger partial charge is 0.493 e. The van der Waals surface area contributed by atoms with E-state index in [1.54, 1.807) is 20.8 Å². The Morgan fingerprint density at radius 1 is 1.21 bits per heavy atom. The van der Waals surface area contributed by atoms with Gasteiger partial charge in [0.1, 0.15) is 23.3 Å². The van der Waals surface area contributed by atoms with Gasteiger partial charge in [-0.25, -0.2) is 4.79 Å². The maximum atomic E-state index is 12.1. The Morgan fingerprint density at radius 3 is 2.43 bits per heavy atom. The van der Waals surface area contributed by atoms with Crippen molar-refractivity contribution in [3.8, 4) is 23.6 Å². The molecule has 0 spiro atoms. The molecule has 7 heteroatoms. The molecule has 1 fully saturated rings. The number of nitriles is 2. The summed E-state index contributed by atoms with van der Waals surface area (Å²) in [5.74, 6) is 0.565. The van der Waals surface area contributed by atoms with Gasteiger partial charge in [0.25, 0.3) is 0 Å². The number of nitrogens with zero attached hydrogens (tertiary/aromatic N) is 2. The van der Waals surface area contributed by atoms with Crippen LogP contribution in [0.1, 0.15) is 64.0 Å². The molecule has 28 heavy (non-hydrogen) atoms. The second-order valence-electron chi connectivity index (χ2n) is 7.88. The van der Waals surface area contributed by atoms with Gasteiger partial charge in [-0.2, -0.15) is 10.5 Å². The zero-order valence-electron chi connectivity index (χ0n) is 16.9. The molecule has 1 N–H and O–H groups in total. The number of anilines is 1. The van der Waals surface area contributed by atoms with Crippen LogP contribution in [0, 0.1) is 28.6 Å². The second-order valence-corrected chi connectivity index (χ2v) is 7.88. The minimum Gasteiger partial charge on any atom is -0.493 e. The molecule has 0 aromatic heterocycles. The van der Waals surface area contributed by atoms with Gasteiger partial charge < -0.3 is 19.5 Å². The molecule has 1 aliphatic rings. The van der Waals surface area contributed by atoms with Crippen LogP contribution >= 0.6 is 0 Å². The van der Waals surface area contributed by atoms with E-state index < -0.39 is 11.8 Å². The molecule has 1 saturated carbocycles. The van der Waals surface area contributed by atoms with E-state index in [-0.39, 0.29) is 22.6 Å². The highest BCUT2D eigenvalue weighted by molar-refractivity contribution is 5.78. The van der Waals surface area contributed by atoms with Crippen molar-refractivity contribution in [3.63, 3.8) is 0 Å². The minimum atomic E-state index is -0.940. The van der Waals surface area contributed by atoms with E-state index in [4.69, 9.17) is 14.2 Å². The van der Waals surface area contributed by atoms with Crippen LogP contribution in [0.25, 0.3) is 0 Å². The molecule has 0 atom stereocenters. The third kappa shape index (κ3) is 5.53. The van der Waals surface area contributed by atoms with Crippen molar-refractivity contribution in [3.05, 3.63) is 17.2 Å². The molecule has 0 aliphatic heterocycles. The maximum Gasteiger partial charge on any atom is 0.514 e. The Morgan fingerprint density at radius 2 is 1.89 bits per heavy atom. The highest BCUT2D eigenvalue weighted by Gasteiger charge is 2.26. The van der Waals surface area contributed by atoms with E-state index in [9.17, 15) is 15.3 Å². The number of hydrogen-bond acceptors (Lipinski definition) is 7. The summed E-state index contributed by atoms with van der Waals surface area (Å²) in [6.45, 7) is 5.80. The third-order valence-electron chi connectivity index (χ3n) is 4.56. The summed E-state index contributed by atoms with van der Waals surface area (Å²) in [5, 5.41) is 22.5. The monoisotopic (exact) mass is 385 g/mol. The zero-order chi connectivity index (χ0) is 20.7. The summed E-state index contributed by atoms with van der Waals surface area (Å²) in [4.78, 5) is 12.1. The van der Waals surface area contributed by atoms with Crippen molar-refractivity contribution in [2.45, 2.75) is 58.5 Å². The van der Waals surface area contributed by atoms with Crippen LogP contribution in [0.2, 0.25) is 0 Å². The number of methoxy groups -OCH3 is 1. The van der Waals surface area contributed by atoms with Crippen LogP contribution in [0.3, 0.4) is 0 Å². The second kappa shape index (κ2) is 9.32. The standard InChI is InChI=1S/C21H27N3O4/c1-21(2,3)28-20(25)27-19-16(12-23)18(15(11-22)10-17(19)26-4)24-13-14-8-6-5-7-9-14/h10,14,24H,5-9,13H2,1-4H3. The first-order valence-corrected chi connectivity index (χ1v) is 9.49. The Bertz CT molecular complexity index is 794. The Balaban J connectivity index is 2.36. The van der Waals surface area contributed by atoms with Gasteiger partial charge in [0.15, 0.2) is 11.5 Å². The number of ether oxygens (including phenoxy) is 3. The topological polar surface area (TPSA) is 104 Å². The molecule has 1 aromatic rings. The highest BCUT2D eigenvalue weighted by atomic mass is 16.7. The molecular weight excluding hydrogens is 358 g/mol. The van der Waals surface area contributed by atoms with Crippen LogP contribution in [0.15, 0.2) is 6.07 Å². The quantitative estimate of drug-likeness (QED) is 0.576. The predicted molar refractivity (Wildman–Crippen MR) is 104 cm³/mol. The fourth-order valence-corrected chi connectivity index (χ4v) is 3.26. The van der Waals surface area contributed by atoms with E-state index in [0.29, 0.717) is 18.2 Å². The maximum absolute atomic E-state index is 12.1. The van der Waals surface area contributed by atoms with Crippen LogP contribution in [-0.4, -0.2) is 25.4 Å². The van der Waals surface area contributed by atoms with Gasteiger partial charge in [0, 0.05) is 12.6 Å². The highest BCUT2D eigenvalue weighted by Crippen LogP contribution is 2.39. The largest absolute Gasteiger partial charge is 0.514 e. The molecule has 0 saturated heterocycles. The van der Waals surface area contributed by atoms with Crippen molar-refractivity contribution >= 4 is 11.8 Å². The predicted octanol–water partition coefficient (Wildman–Crippen LogP) is 4.74. The molecule has 150 valence electrons. The van der Waals surface area contributed by atoms with E-state index >= 15 is 0 Å². The molecular formula is C21H27N3O4. The molecule has 2 rings (SSSR count). The molecule has 0 radical (unpaired) electrons. The number of carbonyl (C=O) groups excluding carboxylic acids is 1. The van der Waals surface area contributed by atoms with Gasteiger partial charge in [-0.3, -0.25) is 0 Å². The summed E-state index contributed by atoms with van der Waals surface area (Å²) in [5.41, 5.74) is -0.0700. The Labute approximate surface area is 166 Å². The lowest BCUT2D eigenvalue weighted by molar-refractivity contribution is 0.0200. The number of carbonyl (C=O) groups is 1. The van der Waals surface area contributed by atoms with E-state index in [1.807, 2.05) is 6.07 Å². The van der Waals surface area contributed by atoms with Gasteiger partial charge in [-0.1, -0.05) is 19.3 Å². The van der Waals surface area contributed by atoms with Crippen molar-refractivity contribution < 1.29 is 19.0 Å². The van der Waals surface area contributed by atoms with Crippen molar-refractivity contribution in [2.24, 2.45) is 5.92 Å². The summed E-state index contributed by atoms with van der Waals surface area (Å²) < 4.78 is 15.7. The van der Waals surface area contributed by atoms with Crippen LogP contribution in [0.4, 0.5) is 10.5 Å². The molecule has 0 amide bonds. The van der Waals surface area contributed by atoms with Crippen LogP contribution < -0.4 is 14.8 Å². The Hall–Kier alpha value is -2.93. The van der Waals surface area contributed by atoms with Gasteiger partial charge in [0.2, 0.25) is 0 Å². The van der Waals surface area contributed by atoms with Crippen LogP contribution in [-0.2, 0) is 4.74 Å². The average molecular weight is 385 g/mol. The van der Waals surface area contributed by atoms with Gasteiger partial charge in [-0.15, -0.1) is 0 Å². The van der Waals surface area contributed by atoms with Crippen molar-refractivity contribution in [2.75, 3.05) is 19.0 Å². The summed E-state index contributed by atoms with van der Waals surface area (Å²) >= 11 is 0. The van der Waals surface area contributed by atoms with E-state index in [2.05, 4.69) is 11.4 Å². The number of benzene rings is 1. The molecule has 7 nitrogen and oxygen atoms in total. The lowest BCUT2D eigenvalue weighted by Gasteiger charge is -2.24. The number of nitrogens with one attached hydrogen (secondary N) is 1. The van der Waals surface area contributed by atoms with E-state index in [0.717, 1.165) is 12.8 Å². The van der Waals surface area contributed by atoms with Crippen molar-refractivity contribution in [1.29, 1.82) is 10.5 Å². The summed E-state index contributed by atoms with van der Waals surface area (Å²) in [6, 6.07) is 5.59. The summed E-state index contributed by atoms with van der Waals surface area (Å²) in [6.07, 6.45) is 4.93. The number of rotatable bonds is 5. The number of hydrogen-bond donors (Lipinski definition) is 1. The minimum absolute atomic E-state index is 0.0515. The average Bonchev–Trinajstić information content (AvgIpc) is 2.65. The van der Waals surface area contributed by atoms with Gasteiger partial charge >= 0.3 is 6.16 Å². The normalized spacial score (nSPS) is 14.5. The molecule has 0 unspecified atom stereocenters. The SMILES string of the molecule is COc1cc(C#N)c(NCC2CCCCC2)c(C#N)c1OC(=O)OC(C)(C)C. The summed E-state index contributed by atoms with van der Waals surface area (Å²) in [7, 11) is 1.38. The van der Waals surface area contributed by atoms with Gasteiger partial charge in [-0.05, 0) is 39.5 Å². The molecule has 0 bridgehead atoms. The fourth-order valence-electron chi connectivity index (χ4n) is 3.26. The zero-order valence-corrected chi connectivity index (χ0v) is 16.9. The third-order valence-corrected chi connectivity index (χ3v) is 4.56. The Kier molecular flexibility index (Phi) is 7.12. The lowest BCUT2D eigenvalue weighted by atomic mass is 9.89. The first-order valence-electron chi connectivity index (χ1n) is 9.49. The first kappa shape index (κ1) is 21.4. The molecule has 1 aromatic carbocycles. The van der Waals surface area contributed by atoms with Crippen molar-refractivity contribution in [1.82, 2.24) is 0 Å². The first-order chi connectivity index (χ1) is 13.3. The molecule has 1 aliphatic carbocycles. The van der Waals surface area contributed by atoms with Crippen LogP contribution in [0.5, 0.6) is 11.5 Å². The fraction of sp³-hybridized carbons (Fsp3) is 0.571. The van der Waals surface area contributed by atoms with Gasteiger partial charge in [0.05, 0.1) is 18.4 Å².